The van der Waals surface area contributed by atoms with Crippen molar-refractivity contribution in [3.05, 3.63) is 4.91 Å². The highest BCUT2D eigenvalue weighted by Gasteiger charge is 2.32. The van der Waals surface area contributed by atoms with Gasteiger partial charge >= 0.3 is 7.82 Å². The molecule has 58 valence electrons. The topological polar surface area (TPSA) is 85.2 Å². The lowest BCUT2D eigenvalue weighted by molar-refractivity contribution is 0.0512. The first-order valence-electron chi connectivity index (χ1n) is 2.62. The molecule has 2 atom stereocenters. The third-order valence-electron chi connectivity index (χ3n) is 0.992. The summed E-state index contributed by atoms with van der Waals surface area (Å²) in [6, 6.07) is 0. The first kappa shape index (κ1) is 7.81. The summed E-state index contributed by atoms with van der Waals surface area (Å²) in [7, 11) is -3.95. The van der Waals surface area contributed by atoms with Gasteiger partial charge in [-0.1, -0.05) is 0 Å². The van der Waals surface area contributed by atoms with Gasteiger partial charge in [-0.2, -0.15) is 0 Å². The zero-order valence-corrected chi connectivity index (χ0v) is 5.86. The molecule has 1 heterocycles. The minimum absolute atomic E-state index is 0.0319. The highest BCUT2D eigenvalue weighted by molar-refractivity contribution is 7.47. The van der Waals surface area contributed by atoms with Crippen molar-refractivity contribution in [2.75, 3.05) is 6.61 Å². The van der Waals surface area contributed by atoms with Crippen LogP contribution in [-0.2, 0) is 13.6 Å². The minimum Gasteiger partial charge on any atom is -0.302 e. The molecule has 1 aliphatic rings. The zero-order chi connectivity index (χ0) is 7.61. The van der Waals surface area contributed by atoms with E-state index in [4.69, 9.17) is 4.89 Å². The molecule has 10 heavy (non-hydrogen) atoms. The maximum Gasteiger partial charge on any atom is 0.474 e. The lowest BCUT2D eigenvalue weighted by atomic mass is 10.4. The Morgan fingerprint density at radius 2 is 2.40 bits per heavy atom. The van der Waals surface area contributed by atoms with Gasteiger partial charge in [-0.3, -0.25) is 9.05 Å². The molecule has 0 saturated carbocycles. The van der Waals surface area contributed by atoms with Crippen LogP contribution < -0.4 is 0 Å². The van der Waals surface area contributed by atoms with Crippen molar-refractivity contribution in [1.82, 2.24) is 0 Å². The van der Waals surface area contributed by atoms with Crippen LogP contribution in [0.25, 0.3) is 0 Å². The maximum absolute atomic E-state index is 10.5. The van der Waals surface area contributed by atoms with Crippen LogP contribution in [0.15, 0.2) is 5.18 Å². The lowest BCUT2D eigenvalue weighted by Gasteiger charge is -2.20. The second-order valence-electron chi connectivity index (χ2n) is 1.76. The van der Waals surface area contributed by atoms with E-state index in [1.54, 1.807) is 0 Å². The second kappa shape index (κ2) is 2.75. The number of phosphoric acid groups is 1. The molecule has 1 N–H and O–H groups in total. The molecule has 1 saturated heterocycles. The Bertz CT molecular complexity index is 182. The number of rotatable bonds is 1. The monoisotopic (exact) mass is 167 g/mol. The first-order valence-corrected chi connectivity index (χ1v) is 4.12. The van der Waals surface area contributed by atoms with E-state index in [1.807, 2.05) is 0 Å². The van der Waals surface area contributed by atoms with Crippen molar-refractivity contribution in [3.8, 4) is 0 Å². The fourth-order valence-corrected chi connectivity index (χ4v) is 1.43. The van der Waals surface area contributed by atoms with E-state index >= 15 is 0 Å². The molecule has 0 aromatic heterocycles. The smallest absolute Gasteiger partial charge is 0.302 e. The summed E-state index contributed by atoms with van der Waals surface area (Å²) >= 11 is 0. The van der Waals surface area contributed by atoms with Crippen LogP contribution in [0.1, 0.15) is 6.42 Å². The van der Waals surface area contributed by atoms with Gasteiger partial charge in [0.15, 0.2) is 0 Å². The second-order valence-corrected chi connectivity index (χ2v) is 3.16. The molecule has 0 amide bonds. The average molecular weight is 167 g/mol. The van der Waals surface area contributed by atoms with Crippen molar-refractivity contribution in [2.45, 2.75) is 12.6 Å². The largest absolute Gasteiger partial charge is 0.474 e. The quantitative estimate of drug-likeness (QED) is 0.456. The molecule has 1 fully saturated rings. The van der Waals surface area contributed by atoms with Crippen molar-refractivity contribution >= 4 is 7.82 Å². The fraction of sp³-hybridized carbons (Fsp3) is 1.00. The Kier molecular flexibility index (Phi) is 2.15. The third-order valence-corrected chi connectivity index (χ3v) is 2.01. The standard InChI is InChI=1S/C3H6NO5P/c5-4-3-1-2-8-10(6,7)9-3/h3H,1-2H2,(H,6,7). The molecule has 0 aromatic carbocycles. The first-order chi connectivity index (χ1) is 4.64. The Labute approximate surface area is 56.7 Å². The highest BCUT2D eigenvalue weighted by atomic mass is 31.2. The molecule has 1 rings (SSSR count). The molecular formula is C3H6NO5P. The van der Waals surface area contributed by atoms with Gasteiger partial charge in [0.1, 0.15) is 0 Å². The van der Waals surface area contributed by atoms with Gasteiger partial charge in [-0.25, -0.2) is 4.57 Å². The van der Waals surface area contributed by atoms with Crippen LogP contribution in [0, 0.1) is 4.91 Å². The number of nitrogens with zero attached hydrogens (tertiary/aromatic N) is 1. The molecular weight excluding hydrogens is 161 g/mol. The van der Waals surface area contributed by atoms with E-state index < -0.39 is 14.1 Å². The Hall–Kier alpha value is -0.290. The van der Waals surface area contributed by atoms with Gasteiger partial charge in [0.05, 0.1) is 6.61 Å². The van der Waals surface area contributed by atoms with Gasteiger partial charge in [-0.05, 0) is 5.18 Å². The van der Waals surface area contributed by atoms with E-state index in [-0.39, 0.29) is 13.0 Å². The number of nitroso groups, excluding NO2 is 1. The molecule has 0 aromatic rings. The van der Waals surface area contributed by atoms with E-state index in [0.717, 1.165) is 0 Å². The molecule has 2 unspecified atom stereocenters. The lowest BCUT2D eigenvalue weighted by Crippen LogP contribution is -2.17. The molecule has 7 heteroatoms. The Morgan fingerprint density at radius 3 is 2.80 bits per heavy atom. The minimum atomic E-state index is -3.95. The van der Waals surface area contributed by atoms with Gasteiger partial charge in [0.25, 0.3) is 0 Å². The van der Waals surface area contributed by atoms with Crippen LogP contribution >= 0.6 is 7.82 Å². The average Bonchev–Trinajstić information content (AvgIpc) is 1.86. The van der Waals surface area contributed by atoms with E-state index in [0.29, 0.717) is 0 Å². The fourth-order valence-electron chi connectivity index (χ4n) is 0.578. The molecule has 0 aliphatic carbocycles. The van der Waals surface area contributed by atoms with E-state index in [2.05, 4.69) is 14.2 Å². The normalized spacial score (nSPS) is 41.1. The number of hydrogen-bond donors (Lipinski definition) is 1. The molecule has 6 nitrogen and oxygen atoms in total. The number of hydrogen-bond acceptors (Lipinski definition) is 5. The predicted molar refractivity (Wildman–Crippen MR) is 31.1 cm³/mol. The SMILES string of the molecule is O=NC1CCOP(=O)(O)O1. The van der Waals surface area contributed by atoms with E-state index in [1.165, 1.54) is 0 Å². The van der Waals surface area contributed by atoms with Crippen molar-refractivity contribution in [1.29, 1.82) is 0 Å². The van der Waals surface area contributed by atoms with Gasteiger partial charge in [0, 0.05) is 6.42 Å². The zero-order valence-electron chi connectivity index (χ0n) is 4.97. The summed E-state index contributed by atoms with van der Waals surface area (Å²) < 4.78 is 19.0. The van der Waals surface area contributed by atoms with Crippen LogP contribution in [0.4, 0.5) is 0 Å². The van der Waals surface area contributed by atoms with E-state index in [9.17, 15) is 9.47 Å². The van der Waals surface area contributed by atoms with Gasteiger partial charge in [-0.15, -0.1) is 4.91 Å². The van der Waals surface area contributed by atoms with Crippen LogP contribution in [0.5, 0.6) is 0 Å². The third kappa shape index (κ3) is 1.85. The molecule has 0 bridgehead atoms. The van der Waals surface area contributed by atoms with Crippen LogP contribution in [0.2, 0.25) is 0 Å². The summed E-state index contributed by atoms with van der Waals surface area (Å²) in [6.07, 6.45) is -0.807. The van der Waals surface area contributed by atoms with Crippen LogP contribution in [0.3, 0.4) is 0 Å². The van der Waals surface area contributed by atoms with Crippen molar-refractivity contribution in [3.63, 3.8) is 0 Å². The van der Waals surface area contributed by atoms with Crippen molar-refractivity contribution in [2.24, 2.45) is 5.18 Å². The Morgan fingerprint density at radius 1 is 1.70 bits per heavy atom. The highest BCUT2D eigenvalue weighted by Crippen LogP contribution is 2.48. The van der Waals surface area contributed by atoms with Gasteiger partial charge < -0.3 is 4.89 Å². The van der Waals surface area contributed by atoms with Gasteiger partial charge in [0.2, 0.25) is 6.23 Å². The van der Waals surface area contributed by atoms with Crippen molar-refractivity contribution < 1.29 is 18.5 Å². The number of phosphoric ester groups is 1. The predicted octanol–water partition coefficient (Wildman–Crippen LogP) is 0.616. The summed E-state index contributed by atoms with van der Waals surface area (Å²) in [5, 5.41) is 2.46. The Balaban J connectivity index is 2.55. The molecule has 1 aliphatic heterocycles. The van der Waals surface area contributed by atoms with Crippen LogP contribution in [-0.4, -0.2) is 17.7 Å². The summed E-state index contributed by atoms with van der Waals surface area (Å²) in [5.74, 6) is 0. The maximum atomic E-state index is 10.5. The molecule has 0 spiro atoms. The summed E-state index contributed by atoms with van der Waals surface area (Å²) in [6.45, 7) is 0.0319. The molecule has 0 radical (unpaired) electrons. The summed E-state index contributed by atoms with van der Waals surface area (Å²) in [4.78, 5) is 18.4. The summed E-state index contributed by atoms with van der Waals surface area (Å²) in [5.41, 5.74) is 0.